The molecular weight excluding hydrogens is 376 g/mol. The van der Waals surface area contributed by atoms with Crippen molar-refractivity contribution in [3.8, 4) is 17.2 Å². The minimum absolute atomic E-state index is 0.0288. The maximum absolute atomic E-state index is 12.6. The average Bonchev–Trinajstić information content (AvgIpc) is 2.68. The third-order valence-electron chi connectivity index (χ3n) is 4.22. The van der Waals surface area contributed by atoms with E-state index in [-0.39, 0.29) is 18.1 Å². The van der Waals surface area contributed by atoms with E-state index in [0.29, 0.717) is 28.5 Å². The number of methoxy groups -OCH3 is 3. The van der Waals surface area contributed by atoms with E-state index in [1.54, 1.807) is 19.1 Å². The van der Waals surface area contributed by atoms with Crippen molar-refractivity contribution in [2.45, 2.75) is 13.0 Å². The van der Waals surface area contributed by atoms with Crippen LogP contribution in [0.25, 0.3) is 0 Å². The molecule has 1 aliphatic heterocycles. The van der Waals surface area contributed by atoms with Crippen molar-refractivity contribution < 1.29 is 28.5 Å². The van der Waals surface area contributed by atoms with Crippen LogP contribution >= 0.6 is 11.6 Å². The summed E-state index contributed by atoms with van der Waals surface area (Å²) in [7, 11) is 6.01. The molecule has 0 bridgehead atoms. The van der Waals surface area contributed by atoms with Gasteiger partial charge in [-0.05, 0) is 24.6 Å². The summed E-state index contributed by atoms with van der Waals surface area (Å²) in [5.41, 5.74) is 1.19. The second-order valence-electron chi connectivity index (χ2n) is 5.61. The van der Waals surface area contributed by atoms with Crippen LogP contribution < -0.4 is 19.5 Å². The maximum atomic E-state index is 12.6. The van der Waals surface area contributed by atoms with Gasteiger partial charge in [0.05, 0.1) is 45.4 Å². The van der Waals surface area contributed by atoms with Gasteiger partial charge in [0.1, 0.15) is 0 Å². The molecule has 148 valence electrons. The Morgan fingerprint density at radius 2 is 1.78 bits per heavy atom. The molecule has 27 heavy (non-hydrogen) atoms. The Balaban J connectivity index is 2.68. The Bertz CT molecular complexity index is 739. The molecular formula is C18H23ClN2O6. The second-order valence-corrected chi connectivity index (χ2v) is 5.88. The molecule has 1 atom stereocenters. The summed E-state index contributed by atoms with van der Waals surface area (Å²) in [6.07, 6.45) is 0. The number of allylic oxidation sites excluding steroid dienone is 1. The van der Waals surface area contributed by atoms with E-state index in [1.807, 2.05) is 0 Å². The van der Waals surface area contributed by atoms with Crippen LogP contribution in [0.1, 0.15) is 18.5 Å². The van der Waals surface area contributed by atoms with Crippen LogP contribution in [0.2, 0.25) is 0 Å². The number of urea groups is 1. The van der Waals surface area contributed by atoms with Crippen molar-refractivity contribution in [3.63, 3.8) is 0 Å². The van der Waals surface area contributed by atoms with Crippen molar-refractivity contribution in [1.82, 2.24) is 10.2 Å². The first-order valence-electron chi connectivity index (χ1n) is 8.23. The van der Waals surface area contributed by atoms with Crippen LogP contribution in [-0.4, -0.2) is 57.8 Å². The van der Waals surface area contributed by atoms with Crippen molar-refractivity contribution in [2.75, 3.05) is 40.9 Å². The summed E-state index contributed by atoms with van der Waals surface area (Å²) < 4.78 is 21.2. The first-order chi connectivity index (χ1) is 12.9. The molecule has 1 N–H and O–H groups in total. The van der Waals surface area contributed by atoms with Gasteiger partial charge in [-0.25, -0.2) is 9.59 Å². The standard InChI is InChI=1S/C18H23ClN2O6/c1-6-27-17(22)14-11(9-19)21(2)18(23)20-15(14)10-7-12(24-3)16(26-5)13(8-10)25-4/h7-8,15H,6,9H2,1-5H3,(H,20,23). The number of amides is 2. The van der Waals surface area contributed by atoms with Gasteiger partial charge in [0.15, 0.2) is 11.5 Å². The molecule has 1 unspecified atom stereocenters. The van der Waals surface area contributed by atoms with Crippen LogP contribution in [0.4, 0.5) is 4.79 Å². The summed E-state index contributed by atoms with van der Waals surface area (Å²) in [6, 6.07) is 2.17. The van der Waals surface area contributed by atoms with E-state index < -0.39 is 18.0 Å². The first-order valence-corrected chi connectivity index (χ1v) is 8.77. The van der Waals surface area contributed by atoms with Crippen LogP contribution in [0.3, 0.4) is 0 Å². The van der Waals surface area contributed by atoms with Crippen molar-refractivity contribution in [1.29, 1.82) is 0 Å². The molecule has 1 aliphatic rings. The fraction of sp³-hybridized carbons (Fsp3) is 0.444. The minimum atomic E-state index is -0.782. The average molecular weight is 399 g/mol. The van der Waals surface area contributed by atoms with Crippen LogP contribution in [0, 0.1) is 0 Å². The molecule has 0 saturated heterocycles. The highest BCUT2D eigenvalue weighted by Gasteiger charge is 2.37. The highest BCUT2D eigenvalue weighted by atomic mass is 35.5. The lowest BCUT2D eigenvalue weighted by molar-refractivity contribution is -0.139. The SMILES string of the molecule is CCOC(=O)C1=C(CCl)N(C)C(=O)NC1c1cc(OC)c(OC)c(OC)c1. The van der Waals surface area contributed by atoms with E-state index >= 15 is 0 Å². The number of nitrogens with zero attached hydrogens (tertiary/aromatic N) is 1. The molecule has 0 radical (unpaired) electrons. The molecule has 1 heterocycles. The van der Waals surface area contributed by atoms with E-state index in [2.05, 4.69) is 5.32 Å². The number of hydrogen-bond donors (Lipinski definition) is 1. The molecule has 2 amide bonds. The molecule has 9 heteroatoms. The summed E-state index contributed by atoms with van der Waals surface area (Å²) in [5, 5.41) is 2.79. The van der Waals surface area contributed by atoms with Gasteiger partial charge in [0.2, 0.25) is 5.75 Å². The highest BCUT2D eigenvalue weighted by Crippen LogP contribution is 2.42. The van der Waals surface area contributed by atoms with E-state index in [4.69, 9.17) is 30.5 Å². The summed E-state index contributed by atoms with van der Waals surface area (Å²) in [6.45, 7) is 1.90. The lowest BCUT2D eigenvalue weighted by Gasteiger charge is -2.34. The minimum Gasteiger partial charge on any atom is -0.493 e. The fourth-order valence-corrected chi connectivity index (χ4v) is 3.21. The van der Waals surface area contributed by atoms with Gasteiger partial charge < -0.3 is 24.3 Å². The maximum Gasteiger partial charge on any atom is 0.338 e. The van der Waals surface area contributed by atoms with Crippen molar-refractivity contribution in [3.05, 3.63) is 29.0 Å². The summed E-state index contributed by atoms with van der Waals surface area (Å²) in [5.74, 6) is 0.617. The van der Waals surface area contributed by atoms with E-state index in [9.17, 15) is 9.59 Å². The number of benzene rings is 1. The zero-order valence-corrected chi connectivity index (χ0v) is 16.7. The Labute approximate surface area is 163 Å². The highest BCUT2D eigenvalue weighted by molar-refractivity contribution is 6.20. The lowest BCUT2D eigenvalue weighted by Crippen LogP contribution is -2.47. The molecule has 0 fully saturated rings. The normalized spacial score (nSPS) is 16.7. The van der Waals surface area contributed by atoms with Gasteiger partial charge in [-0.15, -0.1) is 11.6 Å². The summed E-state index contributed by atoms with van der Waals surface area (Å²) in [4.78, 5) is 26.3. The zero-order valence-electron chi connectivity index (χ0n) is 15.9. The number of carbonyl (C=O) groups is 2. The number of esters is 1. The predicted octanol–water partition coefficient (Wildman–Crippen LogP) is 2.46. The molecule has 1 aromatic rings. The van der Waals surface area contributed by atoms with E-state index in [0.717, 1.165) is 0 Å². The Morgan fingerprint density at radius 1 is 1.19 bits per heavy atom. The van der Waals surface area contributed by atoms with Crippen LogP contribution in [0.15, 0.2) is 23.4 Å². The lowest BCUT2D eigenvalue weighted by atomic mass is 9.94. The first kappa shape index (κ1) is 20.7. The van der Waals surface area contributed by atoms with Gasteiger partial charge in [0.25, 0.3) is 0 Å². The van der Waals surface area contributed by atoms with Gasteiger partial charge >= 0.3 is 12.0 Å². The monoisotopic (exact) mass is 398 g/mol. The number of hydrogen-bond acceptors (Lipinski definition) is 6. The number of alkyl halides is 1. The third kappa shape index (κ3) is 3.90. The predicted molar refractivity (Wildman–Crippen MR) is 99.5 cm³/mol. The van der Waals surface area contributed by atoms with Crippen molar-refractivity contribution >= 4 is 23.6 Å². The molecule has 1 aromatic carbocycles. The molecule has 0 saturated carbocycles. The molecule has 0 aliphatic carbocycles. The number of ether oxygens (including phenoxy) is 4. The Hall–Kier alpha value is -2.61. The zero-order chi connectivity index (χ0) is 20.1. The van der Waals surface area contributed by atoms with Gasteiger partial charge in [0, 0.05) is 12.7 Å². The molecule has 0 aromatic heterocycles. The molecule has 2 rings (SSSR count). The Kier molecular flexibility index (Phi) is 6.79. The second kappa shape index (κ2) is 8.85. The number of nitrogens with one attached hydrogen (secondary N) is 1. The van der Waals surface area contributed by atoms with Crippen molar-refractivity contribution in [2.24, 2.45) is 0 Å². The number of carbonyl (C=O) groups excluding carboxylic acids is 2. The Morgan fingerprint density at radius 3 is 2.22 bits per heavy atom. The van der Waals surface area contributed by atoms with E-state index in [1.165, 1.54) is 33.3 Å². The number of rotatable bonds is 7. The summed E-state index contributed by atoms with van der Waals surface area (Å²) >= 11 is 6.04. The molecule has 8 nitrogen and oxygen atoms in total. The van der Waals surface area contributed by atoms with Crippen LogP contribution in [-0.2, 0) is 9.53 Å². The quantitative estimate of drug-likeness (QED) is 0.561. The van der Waals surface area contributed by atoms with Gasteiger partial charge in [-0.2, -0.15) is 0 Å². The third-order valence-corrected chi connectivity index (χ3v) is 4.47. The largest absolute Gasteiger partial charge is 0.493 e. The fourth-order valence-electron chi connectivity index (χ4n) is 2.89. The number of halogens is 1. The van der Waals surface area contributed by atoms with Gasteiger partial charge in [-0.3, -0.25) is 4.90 Å². The smallest absolute Gasteiger partial charge is 0.338 e. The van der Waals surface area contributed by atoms with Gasteiger partial charge in [-0.1, -0.05) is 0 Å². The molecule has 0 spiro atoms. The topological polar surface area (TPSA) is 86.3 Å². The van der Waals surface area contributed by atoms with Crippen LogP contribution in [0.5, 0.6) is 17.2 Å².